The van der Waals surface area contributed by atoms with E-state index in [9.17, 15) is 4.39 Å². The van der Waals surface area contributed by atoms with Crippen molar-refractivity contribution < 1.29 is 4.39 Å². The molecule has 2 rings (SSSR count). The maximum Gasteiger partial charge on any atom is 0.124 e. The molecule has 2 atom stereocenters. The molecule has 0 bridgehead atoms. The minimum atomic E-state index is -0.183. The predicted octanol–water partition coefficient (Wildman–Crippen LogP) is 3.02. The van der Waals surface area contributed by atoms with Gasteiger partial charge in [0.25, 0.3) is 0 Å². The predicted molar refractivity (Wildman–Crippen MR) is 76.0 cm³/mol. The molecule has 1 aliphatic heterocycles. The van der Waals surface area contributed by atoms with Gasteiger partial charge in [0, 0.05) is 23.6 Å². The topological polar surface area (TPSA) is 15.3 Å². The molecule has 0 radical (unpaired) electrons. The Kier molecular flexibility index (Phi) is 4.76. The Morgan fingerprint density at radius 3 is 2.89 bits per heavy atom. The molecule has 0 amide bonds. The number of halogens is 2. The number of nitrogens with one attached hydrogen (secondary N) is 1. The molecular weight excluding hydrogens is 295 g/mol. The normalized spacial score (nSPS) is 25.3. The van der Waals surface area contributed by atoms with E-state index in [0.717, 1.165) is 36.1 Å². The van der Waals surface area contributed by atoms with Crippen LogP contribution in [0.2, 0.25) is 0 Å². The monoisotopic (exact) mass is 314 g/mol. The molecule has 1 aliphatic rings. The van der Waals surface area contributed by atoms with E-state index in [0.29, 0.717) is 12.0 Å². The average Bonchev–Trinajstić information content (AvgIpc) is 2.26. The van der Waals surface area contributed by atoms with Gasteiger partial charge in [-0.1, -0.05) is 22.9 Å². The number of hydrogen-bond acceptors (Lipinski definition) is 2. The van der Waals surface area contributed by atoms with Gasteiger partial charge in [0.05, 0.1) is 0 Å². The van der Waals surface area contributed by atoms with Crippen molar-refractivity contribution in [1.82, 2.24) is 10.2 Å². The summed E-state index contributed by atoms with van der Waals surface area (Å²) in [6, 6.07) is 5.58. The van der Waals surface area contributed by atoms with E-state index in [1.54, 1.807) is 6.07 Å². The lowest BCUT2D eigenvalue weighted by Gasteiger charge is -2.35. The van der Waals surface area contributed by atoms with E-state index >= 15 is 0 Å². The highest BCUT2D eigenvalue weighted by Gasteiger charge is 2.23. The first-order valence-electron chi connectivity index (χ1n) is 6.41. The van der Waals surface area contributed by atoms with Crippen molar-refractivity contribution in [1.29, 1.82) is 0 Å². The molecule has 2 unspecified atom stereocenters. The Morgan fingerprint density at radius 2 is 2.22 bits per heavy atom. The van der Waals surface area contributed by atoms with Gasteiger partial charge in [-0.15, -0.1) is 0 Å². The van der Waals surface area contributed by atoms with Crippen LogP contribution in [0.4, 0.5) is 4.39 Å². The highest BCUT2D eigenvalue weighted by Crippen LogP contribution is 2.18. The summed E-state index contributed by atoms with van der Waals surface area (Å²) >= 11 is 3.32. The summed E-state index contributed by atoms with van der Waals surface area (Å²) < 4.78 is 14.1. The molecule has 2 nitrogen and oxygen atoms in total. The van der Waals surface area contributed by atoms with Crippen LogP contribution in [0.5, 0.6) is 0 Å². The molecule has 1 N–H and O–H groups in total. The summed E-state index contributed by atoms with van der Waals surface area (Å²) in [6.45, 7) is 5.27. The number of nitrogens with zero attached hydrogens (tertiary/aromatic N) is 1. The van der Waals surface area contributed by atoms with Gasteiger partial charge in [0.2, 0.25) is 0 Å². The lowest BCUT2D eigenvalue weighted by molar-refractivity contribution is 0.174. The quantitative estimate of drug-likeness (QED) is 0.922. The Morgan fingerprint density at radius 1 is 1.44 bits per heavy atom. The Balaban J connectivity index is 1.91. The minimum Gasteiger partial charge on any atom is -0.310 e. The van der Waals surface area contributed by atoms with Gasteiger partial charge >= 0.3 is 0 Å². The first-order valence-corrected chi connectivity index (χ1v) is 7.21. The van der Waals surface area contributed by atoms with E-state index in [2.05, 4.69) is 40.1 Å². The largest absolute Gasteiger partial charge is 0.310 e. The Hall–Kier alpha value is -0.450. The fourth-order valence-electron chi connectivity index (χ4n) is 2.62. The summed E-state index contributed by atoms with van der Waals surface area (Å²) in [6.07, 6.45) is 1.16. The summed E-state index contributed by atoms with van der Waals surface area (Å²) in [7, 11) is 2.16. The van der Waals surface area contributed by atoms with Crippen LogP contribution in [0.15, 0.2) is 22.7 Å². The molecule has 1 saturated heterocycles. The molecule has 1 aromatic carbocycles. The molecule has 0 saturated carbocycles. The molecule has 100 valence electrons. The highest BCUT2D eigenvalue weighted by molar-refractivity contribution is 9.10. The van der Waals surface area contributed by atoms with Crippen molar-refractivity contribution in [2.45, 2.75) is 25.9 Å². The van der Waals surface area contributed by atoms with Crippen LogP contribution in [0.1, 0.15) is 18.9 Å². The SMILES string of the molecule is CC1CN(C)CCC1NCc1cc(F)cc(Br)c1. The zero-order chi connectivity index (χ0) is 13.1. The van der Waals surface area contributed by atoms with Crippen LogP contribution in [0, 0.1) is 11.7 Å². The van der Waals surface area contributed by atoms with Gasteiger partial charge in [0.1, 0.15) is 5.82 Å². The zero-order valence-corrected chi connectivity index (χ0v) is 12.5. The van der Waals surface area contributed by atoms with Crippen molar-refractivity contribution in [3.63, 3.8) is 0 Å². The first kappa shape index (κ1) is 14.0. The third-order valence-electron chi connectivity index (χ3n) is 3.60. The van der Waals surface area contributed by atoms with Crippen LogP contribution < -0.4 is 5.32 Å². The van der Waals surface area contributed by atoms with E-state index < -0.39 is 0 Å². The maximum atomic E-state index is 13.3. The van der Waals surface area contributed by atoms with Gasteiger partial charge in [-0.05, 0) is 49.7 Å². The second-order valence-corrected chi connectivity index (χ2v) is 6.21. The van der Waals surface area contributed by atoms with Gasteiger partial charge in [0.15, 0.2) is 0 Å². The van der Waals surface area contributed by atoms with Crippen molar-refractivity contribution in [2.24, 2.45) is 5.92 Å². The smallest absolute Gasteiger partial charge is 0.124 e. The lowest BCUT2D eigenvalue weighted by Crippen LogP contribution is -2.46. The van der Waals surface area contributed by atoms with E-state index in [1.165, 1.54) is 6.07 Å². The first-order chi connectivity index (χ1) is 8.54. The molecular formula is C14H20BrFN2. The summed E-state index contributed by atoms with van der Waals surface area (Å²) in [5.41, 5.74) is 0.994. The fraction of sp³-hybridized carbons (Fsp3) is 0.571. The van der Waals surface area contributed by atoms with Gasteiger partial charge in [-0.3, -0.25) is 0 Å². The van der Waals surface area contributed by atoms with Gasteiger partial charge in [-0.25, -0.2) is 4.39 Å². The van der Waals surface area contributed by atoms with Crippen LogP contribution in [0.3, 0.4) is 0 Å². The maximum absolute atomic E-state index is 13.3. The van der Waals surface area contributed by atoms with Crippen LogP contribution in [0.25, 0.3) is 0 Å². The number of hydrogen-bond donors (Lipinski definition) is 1. The minimum absolute atomic E-state index is 0.183. The van der Waals surface area contributed by atoms with Crippen LogP contribution >= 0.6 is 15.9 Å². The standard InChI is InChI=1S/C14H20BrFN2/c1-10-9-18(2)4-3-14(10)17-8-11-5-12(15)7-13(16)6-11/h5-7,10,14,17H,3-4,8-9H2,1-2H3. The van der Waals surface area contributed by atoms with E-state index in [-0.39, 0.29) is 5.82 Å². The third kappa shape index (κ3) is 3.77. The highest BCUT2D eigenvalue weighted by atomic mass is 79.9. The van der Waals surface area contributed by atoms with Crippen molar-refractivity contribution in [3.05, 3.63) is 34.1 Å². The zero-order valence-electron chi connectivity index (χ0n) is 10.9. The van der Waals surface area contributed by atoms with Gasteiger partial charge < -0.3 is 10.2 Å². The number of rotatable bonds is 3. The molecule has 1 fully saturated rings. The van der Waals surface area contributed by atoms with Crippen molar-refractivity contribution in [3.8, 4) is 0 Å². The summed E-state index contributed by atoms with van der Waals surface area (Å²) in [5.74, 6) is 0.457. The lowest BCUT2D eigenvalue weighted by atomic mass is 9.94. The Bertz CT molecular complexity index is 391. The van der Waals surface area contributed by atoms with Crippen molar-refractivity contribution in [2.75, 3.05) is 20.1 Å². The summed E-state index contributed by atoms with van der Waals surface area (Å²) in [5, 5.41) is 3.55. The molecule has 1 heterocycles. The van der Waals surface area contributed by atoms with Crippen LogP contribution in [-0.2, 0) is 6.54 Å². The Labute approximate surface area is 117 Å². The van der Waals surface area contributed by atoms with E-state index in [1.807, 2.05) is 6.07 Å². The molecule has 0 aromatic heterocycles. The molecule has 1 aromatic rings. The number of likely N-dealkylation sites (tertiary alicyclic amines) is 1. The summed E-state index contributed by atoms with van der Waals surface area (Å²) in [4.78, 5) is 2.36. The van der Waals surface area contributed by atoms with E-state index in [4.69, 9.17) is 0 Å². The molecule has 0 aliphatic carbocycles. The second-order valence-electron chi connectivity index (χ2n) is 5.29. The molecule has 18 heavy (non-hydrogen) atoms. The fourth-order valence-corrected chi connectivity index (χ4v) is 3.13. The molecule has 0 spiro atoms. The number of benzene rings is 1. The van der Waals surface area contributed by atoms with Crippen molar-refractivity contribution >= 4 is 15.9 Å². The average molecular weight is 315 g/mol. The van der Waals surface area contributed by atoms with Crippen LogP contribution in [-0.4, -0.2) is 31.1 Å². The second kappa shape index (κ2) is 6.13. The third-order valence-corrected chi connectivity index (χ3v) is 4.06. The van der Waals surface area contributed by atoms with Gasteiger partial charge in [-0.2, -0.15) is 0 Å². The molecule has 4 heteroatoms. The number of piperidine rings is 1.